The maximum atomic E-state index is 13.7. The third-order valence-electron chi connectivity index (χ3n) is 7.29. The minimum Gasteiger partial charge on any atom is -0.444 e. The Kier molecular flexibility index (Phi) is 5.72. The molecule has 4 aliphatic heterocycles. The molecule has 32 heavy (non-hydrogen) atoms. The van der Waals surface area contributed by atoms with Gasteiger partial charge in [-0.25, -0.2) is 9.18 Å². The Morgan fingerprint density at radius 2 is 1.81 bits per heavy atom. The fraction of sp³-hybridized carbons (Fsp3) is 0.462. The molecule has 0 radical (unpaired) electrons. The number of nitrogens with zero attached hydrogens (tertiary/aromatic N) is 2. The number of benzene rings is 2. The van der Waals surface area contributed by atoms with Crippen molar-refractivity contribution in [3.63, 3.8) is 0 Å². The van der Waals surface area contributed by atoms with Crippen molar-refractivity contribution < 1.29 is 18.7 Å². The van der Waals surface area contributed by atoms with Crippen LogP contribution >= 0.6 is 0 Å². The summed E-state index contributed by atoms with van der Waals surface area (Å²) in [4.78, 5) is 29.9. The standard InChI is InChI=1S/C26H29FN2O3/c1-2-23(30)20-4-3-17-11-14-29(25(22(17)15-20)19-5-7-21(27)8-6-19)26(31)32-24-16-28-12-9-18(24)10-13-28/h3-8,15,18,24-25H,2,9-14,16H2,1H3/t24-,25+/m1/s1. The van der Waals surface area contributed by atoms with E-state index in [1.807, 2.05) is 25.1 Å². The lowest BCUT2D eigenvalue weighted by molar-refractivity contribution is -0.0462. The van der Waals surface area contributed by atoms with Gasteiger partial charge in [-0.3, -0.25) is 14.6 Å². The monoisotopic (exact) mass is 436 g/mol. The summed E-state index contributed by atoms with van der Waals surface area (Å²) in [5, 5.41) is 0. The topological polar surface area (TPSA) is 49.9 Å². The van der Waals surface area contributed by atoms with Crippen LogP contribution in [0.5, 0.6) is 0 Å². The van der Waals surface area contributed by atoms with E-state index in [9.17, 15) is 14.0 Å². The molecule has 3 saturated heterocycles. The van der Waals surface area contributed by atoms with Crippen LogP contribution in [0.4, 0.5) is 9.18 Å². The van der Waals surface area contributed by atoms with Gasteiger partial charge in [0.15, 0.2) is 5.78 Å². The van der Waals surface area contributed by atoms with Crippen LogP contribution < -0.4 is 0 Å². The summed E-state index contributed by atoms with van der Waals surface area (Å²) < 4.78 is 19.7. The predicted molar refractivity (Wildman–Crippen MR) is 119 cm³/mol. The molecule has 5 nitrogen and oxygen atoms in total. The quantitative estimate of drug-likeness (QED) is 0.658. The summed E-state index contributed by atoms with van der Waals surface area (Å²) in [6.45, 7) is 5.34. The van der Waals surface area contributed by atoms with E-state index in [1.54, 1.807) is 17.0 Å². The fourth-order valence-electron chi connectivity index (χ4n) is 5.44. The van der Waals surface area contributed by atoms with Gasteiger partial charge in [-0.1, -0.05) is 31.2 Å². The molecule has 2 bridgehead atoms. The number of amides is 1. The number of hydrogen-bond acceptors (Lipinski definition) is 4. The van der Waals surface area contributed by atoms with Crippen LogP contribution in [0.2, 0.25) is 0 Å². The Labute approximate surface area is 188 Å². The first-order valence-electron chi connectivity index (χ1n) is 11.6. The number of ketones is 1. The Morgan fingerprint density at radius 1 is 1.06 bits per heavy atom. The molecule has 2 aromatic carbocycles. The van der Waals surface area contributed by atoms with E-state index in [0.717, 1.165) is 49.2 Å². The number of ether oxygens (including phenoxy) is 1. The molecule has 4 aliphatic rings. The van der Waals surface area contributed by atoms with Gasteiger partial charge in [-0.05, 0) is 73.2 Å². The van der Waals surface area contributed by atoms with Crippen molar-refractivity contribution in [2.75, 3.05) is 26.2 Å². The molecule has 168 valence electrons. The van der Waals surface area contributed by atoms with E-state index in [1.165, 1.54) is 12.1 Å². The smallest absolute Gasteiger partial charge is 0.410 e. The molecule has 0 unspecified atom stereocenters. The van der Waals surface area contributed by atoms with E-state index in [0.29, 0.717) is 30.9 Å². The summed E-state index contributed by atoms with van der Waals surface area (Å²) in [5.74, 6) is 0.179. The van der Waals surface area contributed by atoms with E-state index in [4.69, 9.17) is 4.74 Å². The highest BCUT2D eigenvalue weighted by Gasteiger charge is 2.39. The normalized spacial score (nSPS) is 26.5. The molecule has 6 rings (SSSR count). The van der Waals surface area contributed by atoms with Gasteiger partial charge < -0.3 is 4.74 Å². The fourth-order valence-corrected chi connectivity index (χ4v) is 5.44. The number of Topliss-reactive ketones (excluding diaryl/α,β-unsaturated/α-hetero) is 1. The SMILES string of the molecule is CCC(=O)c1ccc2c(c1)[C@H](c1ccc(F)cc1)N(C(=O)O[C@@H]1CN3CCC1CC3)CC2. The van der Waals surface area contributed by atoms with E-state index < -0.39 is 6.04 Å². The second-order valence-corrected chi connectivity index (χ2v) is 9.15. The molecule has 1 amide bonds. The number of rotatable bonds is 4. The maximum absolute atomic E-state index is 13.7. The summed E-state index contributed by atoms with van der Waals surface area (Å²) in [5.41, 5.74) is 3.50. The molecule has 3 fully saturated rings. The van der Waals surface area contributed by atoms with Crippen molar-refractivity contribution in [2.45, 2.75) is 44.8 Å². The lowest BCUT2D eigenvalue weighted by Crippen LogP contribution is -2.53. The maximum Gasteiger partial charge on any atom is 0.410 e. The third-order valence-corrected chi connectivity index (χ3v) is 7.29. The van der Waals surface area contributed by atoms with Gasteiger partial charge in [0.2, 0.25) is 0 Å². The van der Waals surface area contributed by atoms with E-state index >= 15 is 0 Å². The number of piperidine rings is 3. The van der Waals surface area contributed by atoms with Gasteiger partial charge in [0.1, 0.15) is 11.9 Å². The Balaban J connectivity index is 1.48. The average molecular weight is 437 g/mol. The van der Waals surface area contributed by atoms with E-state index in [2.05, 4.69) is 4.90 Å². The van der Waals surface area contributed by atoms with Crippen LogP contribution in [-0.4, -0.2) is 54.0 Å². The largest absolute Gasteiger partial charge is 0.444 e. The molecule has 0 aromatic heterocycles. The highest BCUT2D eigenvalue weighted by atomic mass is 19.1. The minimum absolute atomic E-state index is 0.0673. The van der Waals surface area contributed by atoms with Crippen molar-refractivity contribution in [1.82, 2.24) is 9.80 Å². The average Bonchev–Trinajstić information content (AvgIpc) is 2.83. The second kappa shape index (κ2) is 8.66. The Bertz CT molecular complexity index is 1010. The third kappa shape index (κ3) is 3.92. The van der Waals surface area contributed by atoms with Crippen LogP contribution in [0.1, 0.15) is 59.3 Å². The zero-order valence-electron chi connectivity index (χ0n) is 18.4. The summed E-state index contributed by atoms with van der Waals surface area (Å²) in [7, 11) is 0. The van der Waals surface area contributed by atoms with Crippen molar-refractivity contribution >= 4 is 11.9 Å². The van der Waals surface area contributed by atoms with Crippen LogP contribution in [0.25, 0.3) is 0 Å². The molecule has 0 spiro atoms. The van der Waals surface area contributed by atoms with Crippen molar-refractivity contribution in [1.29, 1.82) is 0 Å². The molecule has 4 heterocycles. The van der Waals surface area contributed by atoms with Crippen LogP contribution in [0, 0.1) is 11.7 Å². The van der Waals surface area contributed by atoms with Gasteiger partial charge in [-0.2, -0.15) is 0 Å². The molecular formula is C26H29FN2O3. The van der Waals surface area contributed by atoms with Gasteiger partial charge in [0.05, 0.1) is 6.04 Å². The molecule has 0 saturated carbocycles. The first-order valence-corrected chi connectivity index (χ1v) is 11.6. The Hall–Kier alpha value is -2.73. The number of hydrogen-bond donors (Lipinski definition) is 0. The highest BCUT2D eigenvalue weighted by Crippen LogP contribution is 2.37. The van der Waals surface area contributed by atoms with Crippen LogP contribution in [0.15, 0.2) is 42.5 Å². The highest BCUT2D eigenvalue weighted by molar-refractivity contribution is 5.96. The van der Waals surface area contributed by atoms with Gasteiger partial charge >= 0.3 is 6.09 Å². The van der Waals surface area contributed by atoms with Crippen molar-refractivity contribution in [2.24, 2.45) is 5.92 Å². The van der Waals surface area contributed by atoms with Gasteiger partial charge in [0, 0.05) is 25.1 Å². The lowest BCUT2D eigenvalue weighted by atomic mass is 9.85. The number of fused-ring (bicyclic) bond motifs is 4. The van der Waals surface area contributed by atoms with Crippen LogP contribution in [0.3, 0.4) is 0 Å². The Morgan fingerprint density at radius 3 is 2.47 bits per heavy atom. The molecule has 6 heteroatoms. The molecule has 0 N–H and O–H groups in total. The lowest BCUT2D eigenvalue weighted by Gasteiger charge is -2.45. The van der Waals surface area contributed by atoms with Gasteiger partial charge in [-0.15, -0.1) is 0 Å². The zero-order chi connectivity index (χ0) is 22.2. The van der Waals surface area contributed by atoms with E-state index in [-0.39, 0.29) is 23.8 Å². The first kappa shape index (κ1) is 21.1. The predicted octanol–water partition coefficient (Wildman–Crippen LogP) is 4.60. The molecule has 2 aromatic rings. The summed E-state index contributed by atoms with van der Waals surface area (Å²) >= 11 is 0. The summed E-state index contributed by atoms with van der Waals surface area (Å²) in [6.07, 6.45) is 2.87. The van der Waals surface area contributed by atoms with Crippen molar-refractivity contribution in [3.05, 3.63) is 70.5 Å². The number of carbonyl (C=O) groups is 2. The van der Waals surface area contributed by atoms with Crippen molar-refractivity contribution in [3.8, 4) is 0 Å². The first-order chi connectivity index (χ1) is 15.5. The van der Waals surface area contributed by atoms with Gasteiger partial charge in [0.25, 0.3) is 0 Å². The number of halogens is 1. The van der Waals surface area contributed by atoms with Crippen LogP contribution in [-0.2, 0) is 11.2 Å². The zero-order valence-corrected chi connectivity index (χ0v) is 18.4. The minimum atomic E-state index is -0.405. The number of carbonyl (C=O) groups excluding carboxylic acids is 2. The second-order valence-electron chi connectivity index (χ2n) is 9.15. The molecule has 0 aliphatic carbocycles. The molecule has 2 atom stereocenters. The molecular weight excluding hydrogens is 407 g/mol. The summed E-state index contributed by atoms with van der Waals surface area (Å²) in [6, 6.07) is 11.6.